The van der Waals surface area contributed by atoms with Crippen molar-refractivity contribution in [1.29, 1.82) is 0 Å². The molecule has 0 fully saturated rings. The van der Waals surface area contributed by atoms with Gasteiger partial charge in [-0.3, -0.25) is 0 Å². The van der Waals surface area contributed by atoms with Gasteiger partial charge in [-0.15, -0.1) is 0 Å². The molecule has 2 aromatic carbocycles. The molecule has 5 heteroatoms. The number of hydrogen-bond donors (Lipinski definition) is 0. The van der Waals surface area contributed by atoms with E-state index in [1.807, 2.05) is 62.5 Å². The van der Waals surface area contributed by atoms with E-state index in [9.17, 15) is 9.59 Å². The summed E-state index contributed by atoms with van der Waals surface area (Å²) in [7, 11) is 4.82. The van der Waals surface area contributed by atoms with E-state index in [4.69, 9.17) is 9.47 Å². The van der Waals surface area contributed by atoms with Gasteiger partial charge in [-0.2, -0.15) is 0 Å². The molecule has 0 spiro atoms. The molecule has 0 aromatic heterocycles. The minimum atomic E-state index is -0.371. The highest BCUT2D eigenvalue weighted by Gasteiger charge is 2.38. The first-order chi connectivity index (χ1) is 17.4. The summed E-state index contributed by atoms with van der Waals surface area (Å²) in [6.07, 6.45) is 10.1. The summed E-state index contributed by atoms with van der Waals surface area (Å²) in [6, 6.07) is 11.3. The van der Waals surface area contributed by atoms with Crippen LogP contribution in [0.3, 0.4) is 0 Å². The Kier molecular flexibility index (Phi) is 7.97. The van der Waals surface area contributed by atoms with Crippen LogP contribution in [0.4, 0.5) is 5.69 Å². The third-order valence-corrected chi connectivity index (χ3v) is 7.36. The van der Waals surface area contributed by atoms with E-state index in [1.54, 1.807) is 12.1 Å². The maximum Gasteiger partial charge on any atom is 0.337 e. The van der Waals surface area contributed by atoms with E-state index in [2.05, 4.69) is 45.2 Å². The van der Waals surface area contributed by atoms with Crippen LogP contribution in [-0.4, -0.2) is 33.2 Å². The number of nitrogens with zero attached hydrogens (tertiary/aromatic N) is 1. The standard InChI is InChI=1S/C32H37NO4/c1-21-15-16-23(29(34)36-8)19-25(21)31(3,4)22(2)13-11-10-12-14-28-32(5,6)26-20-24(30(35)37-9)17-18-27(26)33(28)7/h10-20H,2H2,1,3-9H3/b12-10+,13-11+,28-14-. The third kappa shape index (κ3) is 5.31. The predicted molar refractivity (Wildman–Crippen MR) is 150 cm³/mol. The fourth-order valence-electron chi connectivity index (χ4n) is 4.89. The molecule has 1 aliphatic heterocycles. The van der Waals surface area contributed by atoms with Gasteiger partial charge in [-0.05, 0) is 65.6 Å². The van der Waals surface area contributed by atoms with Crippen LogP contribution in [0.2, 0.25) is 0 Å². The van der Waals surface area contributed by atoms with Crippen molar-refractivity contribution in [3.63, 3.8) is 0 Å². The molecule has 37 heavy (non-hydrogen) atoms. The Morgan fingerprint density at radius 3 is 2.16 bits per heavy atom. The van der Waals surface area contributed by atoms with Gasteiger partial charge in [-0.25, -0.2) is 9.59 Å². The van der Waals surface area contributed by atoms with Gasteiger partial charge >= 0.3 is 11.9 Å². The summed E-state index contributed by atoms with van der Waals surface area (Å²) >= 11 is 0. The predicted octanol–water partition coefficient (Wildman–Crippen LogP) is 6.83. The summed E-state index contributed by atoms with van der Waals surface area (Å²) in [6.45, 7) is 14.9. The van der Waals surface area contributed by atoms with Crippen molar-refractivity contribution in [1.82, 2.24) is 0 Å². The summed E-state index contributed by atoms with van der Waals surface area (Å²) in [4.78, 5) is 26.2. The quantitative estimate of drug-likeness (QED) is 0.309. The molecular formula is C32H37NO4. The Hall–Kier alpha value is -3.86. The van der Waals surface area contributed by atoms with Crippen molar-refractivity contribution in [2.45, 2.75) is 45.4 Å². The Morgan fingerprint density at radius 2 is 1.54 bits per heavy atom. The molecule has 0 bridgehead atoms. The van der Waals surface area contributed by atoms with Crippen LogP contribution in [0.25, 0.3) is 0 Å². The second-order valence-corrected chi connectivity index (χ2v) is 10.4. The molecule has 0 unspecified atom stereocenters. The number of allylic oxidation sites excluding steroid dienone is 7. The average Bonchev–Trinajstić information content (AvgIpc) is 3.07. The van der Waals surface area contributed by atoms with E-state index in [0.29, 0.717) is 11.1 Å². The number of esters is 2. The highest BCUT2D eigenvalue weighted by molar-refractivity contribution is 5.91. The van der Waals surface area contributed by atoms with Crippen molar-refractivity contribution in [2.75, 3.05) is 26.2 Å². The van der Waals surface area contributed by atoms with E-state index in [0.717, 1.165) is 33.6 Å². The molecule has 194 valence electrons. The highest BCUT2D eigenvalue weighted by Crippen LogP contribution is 2.47. The lowest BCUT2D eigenvalue weighted by Gasteiger charge is -2.28. The smallest absolute Gasteiger partial charge is 0.337 e. The molecule has 0 N–H and O–H groups in total. The number of carbonyl (C=O) groups excluding carboxylic acids is 2. The van der Waals surface area contributed by atoms with Crippen molar-refractivity contribution in [3.8, 4) is 0 Å². The number of aryl methyl sites for hydroxylation is 1. The molecule has 0 amide bonds. The first kappa shape index (κ1) is 27.7. The number of ether oxygens (including phenoxy) is 2. The lowest BCUT2D eigenvalue weighted by Crippen LogP contribution is -2.22. The van der Waals surface area contributed by atoms with Crippen LogP contribution >= 0.6 is 0 Å². The van der Waals surface area contributed by atoms with E-state index in [1.165, 1.54) is 14.2 Å². The zero-order chi connectivity index (χ0) is 27.5. The molecule has 2 aromatic rings. The van der Waals surface area contributed by atoms with Gasteiger partial charge < -0.3 is 14.4 Å². The topological polar surface area (TPSA) is 55.8 Å². The second kappa shape index (κ2) is 10.6. The minimum absolute atomic E-state index is 0.268. The van der Waals surface area contributed by atoms with E-state index in [-0.39, 0.29) is 22.8 Å². The van der Waals surface area contributed by atoms with E-state index >= 15 is 0 Å². The van der Waals surface area contributed by atoms with Crippen LogP contribution in [0.1, 0.15) is 65.1 Å². The molecular weight excluding hydrogens is 462 g/mol. The molecule has 3 rings (SSSR count). The van der Waals surface area contributed by atoms with Gasteiger partial charge in [0.25, 0.3) is 0 Å². The van der Waals surface area contributed by atoms with Crippen LogP contribution in [-0.2, 0) is 20.3 Å². The number of carbonyl (C=O) groups is 2. The largest absolute Gasteiger partial charge is 0.465 e. The van der Waals surface area contributed by atoms with Gasteiger partial charge in [0.15, 0.2) is 0 Å². The number of methoxy groups -OCH3 is 2. The van der Waals surface area contributed by atoms with Crippen LogP contribution < -0.4 is 4.90 Å². The van der Waals surface area contributed by atoms with Crippen LogP contribution in [0.15, 0.2) is 84.6 Å². The molecule has 0 saturated heterocycles. The summed E-state index contributed by atoms with van der Waals surface area (Å²) in [5.74, 6) is -0.684. The Labute approximate surface area is 220 Å². The Bertz CT molecular complexity index is 1320. The summed E-state index contributed by atoms with van der Waals surface area (Å²) in [5.41, 5.74) is 6.79. The number of likely N-dealkylation sites (N-methyl/N-ethyl adjacent to an activating group) is 1. The van der Waals surface area contributed by atoms with Gasteiger partial charge in [0, 0.05) is 29.3 Å². The highest BCUT2D eigenvalue weighted by atomic mass is 16.5. The molecule has 1 aliphatic rings. The SMILES string of the molecule is C=C(/C=C/C=C/C=C1\N(C)c2ccc(C(=O)OC)cc2C1(C)C)C(C)(C)c1cc(C(=O)OC)ccc1C. The molecule has 0 saturated carbocycles. The fraction of sp³-hybridized carbons (Fsp3) is 0.312. The lowest BCUT2D eigenvalue weighted by molar-refractivity contribution is 0.0591. The first-order valence-electron chi connectivity index (χ1n) is 12.3. The first-order valence-corrected chi connectivity index (χ1v) is 12.3. The Morgan fingerprint density at radius 1 is 0.946 bits per heavy atom. The maximum absolute atomic E-state index is 12.0. The van der Waals surface area contributed by atoms with Crippen molar-refractivity contribution >= 4 is 17.6 Å². The Balaban J connectivity index is 1.79. The lowest BCUT2D eigenvalue weighted by atomic mass is 9.75. The van der Waals surface area contributed by atoms with Gasteiger partial charge in [0.1, 0.15) is 0 Å². The minimum Gasteiger partial charge on any atom is -0.465 e. The molecule has 0 aliphatic carbocycles. The van der Waals surface area contributed by atoms with Crippen molar-refractivity contribution in [2.24, 2.45) is 0 Å². The summed E-state index contributed by atoms with van der Waals surface area (Å²) < 4.78 is 9.78. The van der Waals surface area contributed by atoms with Gasteiger partial charge in [0.2, 0.25) is 0 Å². The van der Waals surface area contributed by atoms with Crippen molar-refractivity contribution < 1.29 is 19.1 Å². The average molecular weight is 500 g/mol. The van der Waals surface area contributed by atoms with Gasteiger partial charge in [0.05, 0.1) is 25.3 Å². The monoisotopic (exact) mass is 499 g/mol. The van der Waals surface area contributed by atoms with E-state index < -0.39 is 0 Å². The zero-order valence-electron chi connectivity index (χ0n) is 23.1. The molecule has 5 nitrogen and oxygen atoms in total. The number of fused-ring (bicyclic) bond motifs is 1. The van der Waals surface area contributed by atoms with Crippen LogP contribution in [0.5, 0.6) is 0 Å². The normalized spacial score (nSPS) is 15.9. The molecule has 0 atom stereocenters. The molecule has 0 radical (unpaired) electrons. The zero-order valence-corrected chi connectivity index (χ0v) is 23.1. The third-order valence-electron chi connectivity index (χ3n) is 7.36. The molecule has 1 heterocycles. The maximum atomic E-state index is 12.0. The van der Waals surface area contributed by atoms with Crippen molar-refractivity contribution in [3.05, 3.63) is 112 Å². The number of anilines is 1. The number of rotatable bonds is 7. The fourth-order valence-corrected chi connectivity index (χ4v) is 4.89. The van der Waals surface area contributed by atoms with Gasteiger partial charge in [-0.1, -0.05) is 64.6 Å². The number of hydrogen-bond acceptors (Lipinski definition) is 5. The summed E-state index contributed by atoms with van der Waals surface area (Å²) in [5, 5.41) is 0. The number of benzene rings is 2. The van der Waals surface area contributed by atoms with Crippen LogP contribution in [0, 0.1) is 6.92 Å². The second-order valence-electron chi connectivity index (χ2n) is 10.4.